The smallest absolute Gasteiger partial charge is 0.305 e. The fraction of sp³-hybridized carbons (Fsp3) is 0.357. The number of aliphatic carboxylic acids is 1. The van der Waals surface area contributed by atoms with Gasteiger partial charge in [0.25, 0.3) is 5.91 Å². The molecule has 0 radical (unpaired) electrons. The van der Waals surface area contributed by atoms with Crippen LogP contribution in [-0.2, 0) is 4.79 Å². The minimum absolute atomic E-state index is 0.0867. The molecular formula is C14H17N5O3. The zero-order valence-electron chi connectivity index (χ0n) is 12.4. The Morgan fingerprint density at radius 2 is 2.14 bits per heavy atom. The summed E-state index contributed by atoms with van der Waals surface area (Å²) in [5.74, 6) is -1.15. The van der Waals surface area contributed by atoms with Crippen molar-refractivity contribution in [3.05, 3.63) is 36.2 Å². The number of benzene rings is 1. The van der Waals surface area contributed by atoms with Crippen molar-refractivity contribution in [2.45, 2.75) is 26.3 Å². The van der Waals surface area contributed by atoms with Crippen LogP contribution in [0.2, 0.25) is 0 Å². The lowest BCUT2D eigenvalue weighted by Gasteiger charge is -2.26. The van der Waals surface area contributed by atoms with Crippen molar-refractivity contribution in [2.75, 3.05) is 6.54 Å². The van der Waals surface area contributed by atoms with Gasteiger partial charge in [-0.3, -0.25) is 9.59 Å². The second kappa shape index (κ2) is 6.79. The van der Waals surface area contributed by atoms with Gasteiger partial charge in [-0.25, -0.2) is 4.68 Å². The van der Waals surface area contributed by atoms with E-state index in [4.69, 9.17) is 5.11 Å². The van der Waals surface area contributed by atoms with Gasteiger partial charge in [-0.05, 0) is 42.5 Å². The van der Waals surface area contributed by atoms with Crippen molar-refractivity contribution >= 4 is 11.9 Å². The number of hydrogen-bond donors (Lipinski definition) is 1. The molecule has 0 atom stereocenters. The highest BCUT2D eigenvalue weighted by molar-refractivity contribution is 5.95. The van der Waals surface area contributed by atoms with E-state index in [0.29, 0.717) is 11.3 Å². The standard InChI is InChI=1S/C14H17N5O3/c1-10(2)18(7-6-13(20)21)14(22)11-4-3-5-12(8-11)19-9-15-16-17-19/h3-5,8-10H,6-7H2,1-2H3,(H,20,21). The van der Waals surface area contributed by atoms with E-state index < -0.39 is 5.97 Å². The van der Waals surface area contributed by atoms with Crippen LogP contribution in [0, 0.1) is 0 Å². The van der Waals surface area contributed by atoms with E-state index in [1.54, 1.807) is 24.3 Å². The molecule has 2 aromatic rings. The van der Waals surface area contributed by atoms with Gasteiger partial charge >= 0.3 is 5.97 Å². The molecule has 8 nitrogen and oxygen atoms in total. The number of amides is 1. The normalized spacial score (nSPS) is 10.7. The topological polar surface area (TPSA) is 101 Å². The predicted molar refractivity (Wildman–Crippen MR) is 77.6 cm³/mol. The Hall–Kier alpha value is -2.77. The lowest BCUT2D eigenvalue weighted by atomic mass is 10.1. The SMILES string of the molecule is CC(C)N(CCC(=O)O)C(=O)c1cccc(-n2cnnn2)c1. The maximum atomic E-state index is 12.6. The van der Waals surface area contributed by atoms with Gasteiger partial charge in [-0.15, -0.1) is 5.10 Å². The largest absolute Gasteiger partial charge is 0.481 e. The van der Waals surface area contributed by atoms with Crippen molar-refractivity contribution in [1.29, 1.82) is 0 Å². The molecule has 1 amide bonds. The third-order valence-corrected chi connectivity index (χ3v) is 3.16. The number of tetrazole rings is 1. The molecule has 8 heteroatoms. The number of aromatic nitrogens is 4. The summed E-state index contributed by atoms with van der Waals surface area (Å²) in [6.45, 7) is 3.87. The Morgan fingerprint density at radius 1 is 1.36 bits per heavy atom. The van der Waals surface area contributed by atoms with Gasteiger partial charge in [-0.1, -0.05) is 6.07 Å². The summed E-state index contributed by atoms with van der Waals surface area (Å²) in [4.78, 5) is 24.9. The quantitative estimate of drug-likeness (QED) is 0.854. The fourth-order valence-electron chi connectivity index (χ4n) is 2.04. The first-order chi connectivity index (χ1) is 10.5. The number of carbonyl (C=O) groups is 2. The molecule has 2 rings (SSSR count). The van der Waals surface area contributed by atoms with Crippen LogP contribution in [0.5, 0.6) is 0 Å². The molecule has 0 unspecified atom stereocenters. The van der Waals surface area contributed by atoms with E-state index in [1.807, 2.05) is 13.8 Å². The Labute approximate surface area is 127 Å². The zero-order chi connectivity index (χ0) is 16.1. The van der Waals surface area contributed by atoms with Crippen LogP contribution in [0.25, 0.3) is 5.69 Å². The summed E-state index contributed by atoms with van der Waals surface area (Å²) in [5, 5.41) is 19.7. The molecule has 0 saturated heterocycles. The monoisotopic (exact) mass is 303 g/mol. The van der Waals surface area contributed by atoms with E-state index in [2.05, 4.69) is 15.5 Å². The van der Waals surface area contributed by atoms with Crippen LogP contribution in [0.3, 0.4) is 0 Å². The molecule has 1 N–H and O–H groups in total. The van der Waals surface area contributed by atoms with Gasteiger partial charge in [0.05, 0.1) is 12.1 Å². The van der Waals surface area contributed by atoms with Crippen molar-refractivity contribution in [2.24, 2.45) is 0 Å². The summed E-state index contributed by atoms with van der Waals surface area (Å²) in [5.41, 5.74) is 1.13. The Bertz CT molecular complexity index is 654. The van der Waals surface area contributed by atoms with Gasteiger partial charge in [0.1, 0.15) is 6.33 Å². The first-order valence-electron chi connectivity index (χ1n) is 6.85. The van der Waals surface area contributed by atoms with E-state index in [9.17, 15) is 9.59 Å². The summed E-state index contributed by atoms with van der Waals surface area (Å²) in [6.07, 6.45) is 1.35. The first-order valence-corrected chi connectivity index (χ1v) is 6.85. The second-order valence-electron chi connectivity index (χ2n) is 5.04. The number of nitrogens with zero attached hydrogens (tertiary/aromatic N) is 5. The van der Waals surface area contributed by atoms with Crippen LogP contribution in [0.15, 0.2) is 30.6 Å². The average molecular weight is 303 g/mol. The Balaban J connectivity index is 2.23. The van der Waals surface area contributed by atoms with Crippen LogP contribution in [0.4, 0.5) is 0 Å². The molecule has 0 aliphatic rings. The van der Waals surface area contributed by atoms with Gasteiger partial charge in [0, 0.05) is 18.2 Å². The zero-order valence-corrected chi connectivity index (χ0v) is 12.4. The highest BCUT2D eigenvalue weighted by atomic mass is 16.4. The summed E-state index contributed by atoms with van der Waals surface area (Å²) in [7, 11) is 0. The van der Waals surface area contributed by atoms with Crippen LogP contribution in [-0.4, -0.2) is 54.7 Å². The maximum Gasteiger partial charge on any atom is 0.305 e. The highest BCUT2D eigenvalue weighted by Gasteiger charge is 2.20. The van der Waals surface area contributed by atoms with Crippen LogP contribution in [0.1, 0.15) is 30.6 Å². The highest BCUT2D eigenvalue weighted by Crippen LogP contribution is 2.13. The molecule has 1 aromatic heterocycles. The van der Waals surface area contributed by atoms with Crippen LogP contribution < -0.4 is 0 Å². The Morgan fingerprint density at radius 3 is 2.73 bits per heavy atom. The fourth-order valence-corrected chi connectivity index (χ4v) is 2.04. The summed E-state index contributed by atoms with van der Waals surface area (Å²) in [6, 6.07) is 6.79. The van der Waals surface area contributed by atoms with Gasteiger partial charge in [0.2, 0.25) is 0 Å². The van der Waals surface area contributed by atoms with E-state index in [-0.39, 0.29) is 24.9 Å². The number of carbonyl (C=O) groups excluding carboxylic acids is 1. The van der Waals surface area contributed by atoms with Crippen molar-refractivity contribution in [3.63, 3.8) is 0 Å². The van der Waals surface area contributed by atoms with Crippen LogP contribution >= 0.6 is 0 Å². The number of rotatable bonds is 6. The third-order valence-electron chi connectivity index (χ3n) is 3.16. The molecule has 0 bridgehead atoms. The summed E-state index contributed by atoms with van der Waals surface area (Å²) >= 11 is 0. The molecule has 22 heavy (non-hydrogen) atoms. The molecule has 1 heterocycles. The third kappa shape index (κ3) is 3.66. The number of carboxylic acids is 1. The van der Waals surface area contributed by atoms with Gasteiger partial charge in [-0.2, -0.15) is 0 Å². The number of hydrogen-bond acceptors (Lipinski definition) is 5. The first kappa shape index (κ1) is 15.6. The second-order valence-corrected chi connectivity index (χ2v) is 5.04. The van der Waals surface area contributed by atoms with Crippen molar-refractivity contribution in [1.82, 2.24) is 25.1 Å². The molecule has 1 aromatic carbocycles. The predicted octanol–water partition coefficient (Wildman–Crippen LogP) is 0.988. The molecule has 0 aliphatic heterocycles. The number of carboxylic acid groups (broad SMARTS) is 1. The molecule has 0 saturated carbocycles. The minimum Gasteiger partial charge on any atom is -0.481 e. The Kier molecular flexibility index (Phi) is 4.82. The van der Waals surface area contributed by atoms with E-state index in [1.165, 1.54) is 15.9 Å². The van der Waals surface area contributed by atoms with E-state index in [0.717, 1.165) is 0 Å². The molecule has 0 fully saturated rings. The molecule has 0 aliphatic carbocycles. The van der Waals surface area contributed by atoms with E-state index >= 15 is 0 Å². The molecule has 0 spiro atoms. The van der Waals surface area contributed by atoms with Crippen molar-refractivity contribution in [3.8, 4) is 5.69 Å². The maximum absolute atomic E-state index is 12.6. The lowest BCUT2D eigenvalue weighted by molar-refractivity contribution is -0.137. The van der Waals surface area contributed by atoms with Gasteiger partial charge < -0.3 is 10.0 Å². The minimum atomic E-state index is -0.930. The van der Waals surface area contributed by atoms with Gasteiger partial charge in [0.15, 0.2) is 0 Å². The van der Waals surface area contributed by atoms with Crippen molar-refractivity contribution < 1.29 is 14.7 Å². The molecule has 116 valence electrons. The summed E-state index contributed by atoms with van der Waals surface area (Å²) < 4.78 is 1.45. The lowest BCUT2D eigenvalue weighted by Crippen LogP contribution is -2.38. The average Bonchev–Trinajstić information content (AvgIpc) is 3.01. The molecular weight excluding hydrogens is 286 g/mol.